The van der Waals surface area contributed by atoms with E-state index < -0.39 is 37.3 Å². The highest BCUT2D eigenvalue weighted by molar-refractivity contribution is 5.39. The van der Waals surface area contributed by atoms with Gasteiger partial charge >= 0.3 is 0 Å². The Morgan fingerprint density at radius 1 is 0.927 bits per heavy atom. The van der Waals surface area contributed by atoms with E-state index in [2.05, 4.69) is 53.7 Å². The van der Waals surface area contributed by atoms with E-state index in [1.54, 1.807) is 5.57 Å². The van der Waals surface area contributed by atoms with E-state index in [-0.39, 0.29) is 11.5 Å². The van der Waals surface area contributed by atoms with Gasteiger partial charge in [0.1, 0.15) is 24.4 Å². The van der Waals surface area contributed by atoms with Crippen LogP contribution in [-0.4, -0.2) is 63.8 Å². The number of aliphatic hydroxyl groups excluding tert-OH is 4. The monoisotopic (exact) mass is 574 g/mol. The molecule has 0 aromatic carbocycles. The molecule has 4 N–H and O–H groups in total. The van der Waals surface area contributed by atoms with Crippen molar-refractivity contribution in [1.29, 1.82) is 0 Å². The topological polar surface area (TPSA) is 99.4 Å². The Bertz CT molecular complexity index is 974. The summed E-state index contributed by atoms with van der Waals surface area (Å²) in [5.41, 5.74) is 3.68. The highest BCUT2D eigenvalue weighted by Gasteiger charge is 2.57. The van der Waals surface area contributed by atoms with Gasteiger partial charge in [0.05, 0.1) is 12.7 Å². The molecule has 13 unspecified atom stereocenters. The van der Waals surface area contributed by atoms with Crippen molar-refractivity contribution < 1.29 is 29.9 Å². The van der Waals surface area contributed by atoms with Gasteiger partial charge in [-0.15, -0.1) is 0 Å². The molecule has 41 heavy (non-hydrogen) atoms. The van der Waals surface area contributed by atoms with Crippen LogP contribution in [0.3, 0.4) is 0 Å². The minimum atomic E-state index is -1.41. The molecule has 0 aromatic heterocycles. The summed E-state index contributed by atoms with van der Waals surface area (Å²) in [6.07, 6.45) is 10.6. The summed E-state index contributed by atoms with van der Waals surface area (Å²) in [5.74, 6) is 4.52. The number of hydrogen-bond donors (Lipinski definition) is 4. The molecule has 1 aliphatic heterocycles. The van der Waals surface area contributed by atoms with Crippen molar-refractivity contribution in [3.05, 3.63) is 23.3 Å². The summed E-state index contributed by atoms with van der Waals surface area (Å²) in [6.45, 7) is 14.3. The maximum atomic E-state index is 10.5. The zero-order valence-electron chi connectivity index (χ0n) is 26.5. The first-order chi connectivity index (χ1) is 19.4. The van der Waals surface area contributed by atoms with E-state index in [0.29, 0.717) is 17.3 Å². The van der Waals surface area contributed by atoms with Crippen LogP contribution in [0.5, 0.6) is 0 Å². The second kappa shape index (κ2) is 12.3. The molecular formula is C35H58O6. The zero-order valence-corrected chi connectivity index (χ0v) is 26.5. The van der Waals surface area contributed by atoms with E-state index in [1.165, 1.54) is 50.5 Å². The molecule has 0 spiro atoms. The smallest absolute Gasteiger partial charge is 0.186 e. The Morgan fingerprint density at radius 3 is 2.37 bits per heavy atom. The number of rotatable bonds is 9. The van der Waals surface area contributed by atoms with Gasteiger partial charge in [0.25, 0.3) is 0 Å². The first-order valence-corrected chi connectivity index (χ1v) is 16.8. The lowest BCUT2D eigenvalue weighted by molar-refractivity contribution is -0.312. The molecule has 6 heteroatoms. The van der Waals surface area contributed by atoms with Crippen LogP contribution in [0.15, 0.2) is 23.3 Å². The van der Waals surface area contributed by atoms with Crippen LogP contribution in [0, 0.1) is 46.3 Å². The molecule has 0 aromatic rings. The molecule has 4 aliphatic carbocycles. The van der Waals surface area contributed by atoms with Crippen LogP contribution in [0.25, 0.3) is 0 Å². The standard InChI is InChI=1S/C35H58O6/c1-7-22(20(2)3)9-8-21(4)26-12-13-27-25-11-10-23-18-24(14-16-34(23,5)28(25)15-17-35(26,27)6)40-33-32(39)31(38)30(37)29(19-36)41-33/h10-11,20-22,24,26-33,36-39H,7-9,12-19H2,1-6H3. The number of fused-ring (bicyclic) bond motifs is 5. The predicted octanol–water partition coefficient (Wildman–Crippen LogP) is 5.77. The van der Waals surface area contributed by atoms with Crippen molar-refractivity contribution >= 4 is 0 Å². The molecule has 0 amide bonds. The third-order valence-corrected chi connectivity index (χ3v) is 12.9. The Kier molecular flexibility index (Phi) is 9.51. The van der Waals surface area contributed by atoms with Crippen molar-refractivity contribution in [3.8, 4) is 0 Å². The normalized spacial score (nSPS) is 45.8. The second-order valence-corrected chi connectivity index (χ2v) is 15.3. The van der Waals surface area contributed by atoms with Gasteiger partial charge < -0.3 is 29.9 Å². The molecule has 13 atom stereocenters. The maximum Gasteiger partial charge on any atom is 0.186 e. The van der Waals surface area contributed by atoms with E-state index in [4.69, 9.17) is 9.47 Å². The number of ether oxygens (including phenoxy) is 2. The van der Waals surface area contributed by atoms with Crippen molar-refractivity contribution in [2.75, 3.05) is 6.61 Å². The van der Waals surface area contributed by atoms with Crippen LogP contribution >= 0.6 is 0 Å². The largest absolute Gasteiger partial charge is 0.394 e. The van der Waals surface area contributed by atoms with Gasteiger partial charge in [0, 0.05) is 0 Å². The fraction of sp³-hybridized carbons (Fsp3) is 0.886. The van der Waals surface area contributed by atoms with Gasteiger partial charge in [-0.1, -0.05) is 77.7 Å². The summed E-state index contributed by atoms with van der Waals surface area (Å²) in [4.78, 5) is 0. The number of allylic oxidation sites excluding steroid dienone is 3. The fourth-order valence-electron chi connectivity index (χ4n) is 10.1. The molecule has 3 saturated carbocycles. The summed E-state index contributed by atoms with van der Waals surface area (Å²) in [6, 6.07) is 0. The minimum Gasteiger partial charge on any atom is -0.394 e. The Balaban J connectivity index is 1.27. The van der Waals surface area contributed by atoms with Gasteiger partial charge in [-0.25, -0.2) is 0 Å². The Morgan fingerprint density at radius 2 is 1.68 bits per heavy atom. The van der Waals surface area contributed by atoms with Gasteiger partial charge in [-0.05, 0) is 97.7 Å². The summed E-state index contributed by atoms with van der Waals surface area (Å²) < 4.78 is 11.9. The van der Waals surface area contributed by atoms with Crippen molar-refractivity contribution in [1.82, 2.24) is 0 Å². The molecule has 234 valence electrons. The van der Waals surface area contributed by atoms with Crippen molar-refractivity contribution in [3.63, 3.8) is 0 Å². The molecule has 6 nitrogen and oxygen atoms in total. The zero-order chi connectivity index (χ0) is 29.7. The Hall–Kier alpha value is -0.760. The lowest BCUT2D eigenvalue weighted by Crippen LogP contribution is -2.60. The third kappa shape index (κ3) is 5.64. The molecule has 1 heterocycles. The van der Waals surface area contributed by atoms with Crippen LogP contribution < -0.4 is 0 Å². The van der Waals surface area contributed by atoms with E-state index in [0.717, 1.165) is 42.9 Å². The maximum absolute atomic E-state index is 10.5. The molecule has 5 aliphatic rings. The summed E-state index contributed by atoms with van der Waals surface area (Å²) >= 11 is 0. The number of hydrogen-bond acceptors (Lipinski definition) is 6. The van der Waals surface area contributed by atoms with Crippen LogP contribution in [0.2, 0.25) is 0 Å². The predicted molar refractivity (Wildman–Crippen MR) is 161 cm³/mol. The fourth-order valence-corrected chi connectivity index (χ4v) is 10.1. The van der Waals surface area contributed by atoms with Crippen LogP contribution in [0.1, 0.15) is 106 Å². The summed E-state index contributed by atoms with van der Waals surface area (Å²) in [5, 5.41) is 40.4. The first-order valence-electron chi connectivity index (χ1n) is 16.8. The highest BCUT2D eigenvalue weighted by atomic mass is 16.7. The van der Waals surface area contributed by atoms with E-state index in [1.807, 2.05) is 0 Å². The molecule has 0 radical (unpaired) electrons. The van der Waals surface area contributed by atoms with Gasteiger partial charge in [-0.2, -0.15) is 0 Å². The van der Waals surface area contributed by atoms with E-state index >= 15 is 0 Å². The van der Waals surface area contributed by atoms with Crippen molar-refractivity contribution in [2.24, 2.45) is 46.3 Å². The number of aliphatic hydroxyl groups is 4. The second-order valence-electron chi connectivity index (χ2n) is 15.3. The van der Waals surface area contributed by atoms with E-state index in [9.17, 15) is 20.4 Å². The van der Waals surface area contributed by atoms with Gasteiger partial charge in [-0.3, -0.25) is 0 Å². The Labute approximate surface area is 248 Å². The highest BCUT2D eigenvalue weighted by Crippen LogP contribution is 2.66. The lowest BCUT2D eigenvalue weighted by atomic mass is 9.50. The minimum absolute atomic E-state index is 0.130. The SMILES string of the molecule is CCC(CCC(C)C1CCC2C3=CC=C4CC(OC5OC(CO)C(O)C(O)C5O)CCC4(C)C3CCC21C)C(C)C. The van der Waals surface area contributed by atoms with Crippen LogP contribution in [-0.2, 0) is 9.47 Å². The molecular weight excluding hydrogens is 516 g/mol. The summed E-state index contributed by atoms with van der Waals surface area (Å²) in [7, 11) is 0. The van der Waals surface area contributed by atoms with Gasteiger partial charge in [0.15, 0.2) is 6.29 Å². The van der Waals surface area contributed by atoms with Crippen molar-refractivity contribution in [2.45, 2.75) is 143 Å². The quantitative estimate of drug-likeness (QED) is 0.279. The molecule has 5 rings (SSSR count). The first kappa shape index (κ1) is 31.7. The van der Waals surface area contributed by atoms with Crippen LogP contribution in [0.4, 0.5) is 0 Å². The van der Waals surface area contributed by atoms with Gasteiger partial charge in [0.2, 0.25) is 0 Å². The average molecular weight is 575 g/mol. The molecule has 4 fully saturated rings. The average Bonchev–Trinajstić information content (AvgIpc) is 3.30. The molecule has 1 saturated heterocycles. The third-order valence-electron chi connectivity index (χ3n) is 12.9. The molecule has 0 bridgehead atoms. The lowest BCUT2D eigenvalue weighted by Gasteiger charge is -2.55.